The lowest BCUT2D eigenvalue weighted by Crippen LogP contribution is -2.48. The van der Waals surface area contributed by atoms with E-state index in [-0.39, 0.29) is 11.9 Å². The van der Waals surface area contributed by atoms with Crippen LogP contribution in [0.5, 0.6) is 0 Å². The zero-order valence-electron chi connectivity index (χ0n) is 20.9. The highest BCUT2D eigenvalue weighted by Gasteiger charge is 2.35. The number of rotatable bonds is 3. The molecule has 0 N–H and O–H groups in total. The standard InChI is InChI=1S/C30H27N5O2/c1-20-19-32-29(37-20)21-11-12-26(22(17-21)18-31)34-13-15-35(16-14-34)28-23-7-3-4-8-24(23)30(36)33(2)27-10-6-5-9-25(27)28/h3-12,17,19,28H,13-16H2,1-2H3. The van der Waals surface area contributed by atoms with Crippen molar-refractivity contribution in [2.75, 3.05) is 43.0 Å². The first-order valence-electron chi connectivity index (χ1n) is 12.5. The van der Waals surface area contributed by atoms with E-state index in [1.807, 2.05) is 68.6 Å². The first-order chi connectivity index (χ1) is 18.0. The number of carbonyl (C=O) groups excluding carboxylic acids is 1. The van der Waals surface area contributed by atoms with Crippen LogP contribution in [-0.4, -0.2) is 49.0 Å². The van der Waals surface area contributed by atoms with Gasteiger partial charge in [0.2, 0.25) is 5.89 Å². The van der Waals surface area contributed by atoms with Gasteiger partial charge in [0, 0.05) is 50.0 Å². The highest BCUT2D eigenvalue weighted by atomic mass is 16.4. The molecule has 7 nitrogen and oxygen atoms in total. The van der Waals surface area contributed by atoms with Crippen molar-refractivity contribution < 1.29 is 9.21 Å². The third kappa shape index (κ3) is 3.96. The lowest BCUT2D eigenvalue weighted by Gasteiger charge is -2.41. The number of amides is 1. The molecule has 0 saturated carbocycles. The normalized spacial score (nSPS) is 17.6. The van der Waals surface area contributed by atoms with E-state index in [0.29, 0.717) is 11.5 Å². The summed E-state index contributed by atoms with van der Waals surface area (Å²) in [6.07, 6.45) is 1.68. The fourth-order valence-corrected chi connectivity index (χ4v) is 5.55. The van der Waals surface area contributed by atoms with Crippen molar-refractivity contribution in [1.29, 1.82) is 5.26 Å². The molecule has 6 rings (SSSR count). The average Bonchev–Trinajstić information content (AvgIpc) is 3.36. The first-order valence-corrected chi connectivity index (χ1v) is 12.5. The second-order valence-electron chi connectivity index (χ2n) is 9.56. The van der Waals surface area contributed by atoms with Gasteiger partial charge in [0.25, 0.3) is 5.91 Å². The van der Waals surface area contributed by atoms with Crippen molar-refractivity contribution >= 4 is 17.3 Å². The van der Waals surface area contributed by atoms with Crippen LogP contribution in [0.4, 0.5) is 11.4 Å². The van der Waals surface area contributed by atoms with Gasteiger partial charge in [0.15, 0.2) is 0 Å². The Kier molecular flexibility index (Phi) is 5.74. The number of fused-ring (bicyclic) bond motifs is 2. The maximum absolute atomic E-state index is 13.3. The monoisotopic (exact) mass is 489 g/mol. The van der Waals surface area contributed by atoms with Gasteiger partial charge in [-0.05, 0) is 48.4 Å². The van der Waals surface area contributed by atoms with Gasteiger partial charge in [0.05, 0.1) is 23.5 Å². The number of piperazine rings is 1. The lowest BCUT2D eigenvalue weighted by atomic mass is 9.93. The summed E-state index contributed by atoms with van der Waals surface area (Å²) in [5.41, 5.74) is 6.21. The summed E-state index contributed by atoms with van der Waals surface area (Å²) < 4.78 is 5.65. The van der Waals surface area contributed by atoms with Crippen LogP contribution in [0.15, 0.2) is 77.3 Å². The molecule has 3 heterocycles. The van der Waals surface area contributed by atoms with E-state index in [4.69, 9.17) is 4.42 Å². The molecule has 2 aliphatic rings. The summed E-state index contributed by atoms with van der Waals surface area (Å²) in [7, 11) is 1.85. The van der Waals surface area contributed by atoms with Crippen molar-refractivity contribution in [3.8, 4) is 17.5 Å². The molecule has 1 unspecified atom stereocenters. The quantitative estimate of drug-likeness (QED) is 0.402. The topological polar surface area (TPSA) is 76.6 Å². The van der Waals surface area contributed by atoms with Crippen molar-refractivity contribution in [3.05, 3.63) is 101 Å². The van der Waals surface area contributed by atoms with Gasteiger partial charge in [-0.1, -0.05) is 36.4 Å². The summed E-state index contributed by atoms with van der Waals surface area (Å²) in [4.78, 5) is 24.1. The summed E-state index contributed by atoms with van der Waals surface area (Å²) >= 11 is 0. The Morgan fingerprint density at radius 2 is 1.68 bits per heavy atom. The van der Waals surface area contributed by atoms with Crippen LogP contribution in [0.3, 0.4) is 0 Å². The number of carbonyl (C=O) groups is 1. The van der Waals surface area contributed by atoms with E-state index >= 15 is 0 Å². The van der Waals surface area contributed by atoms with Crippen molar-refractivity contribution in [1.82, 2.24) is 9.88 Å². The van der Waals surface area contributed by atoms with Crippen molar-refractivity contribution in [3.63, 3.8) is 0 Å². The number of hydrogen-bond acceptors (Lipinski definition) is 6. The van der Waals surface area contributed by atoms with E-state index < -0.39 is 0 Å². The fraction of sp³-hybridized carbons (Fsp3) is 0.233. The van der Waals surface area contributed by atoms with Crippen LogP contribution in [0, 0.1) is 18.3 Å². The summed E-state index contributed by atoms with van der Waals surface area (Å²) in [6, 6.07) is 24.3. The molecular formula is C30H27N5O2. The minimum absolute atomic E-state index is 0.0178. The SMILES string of the molecule is Cc1cnc(-c2ccc(N3CCN(C4c5ccccc5C(=O)N(C)c5ccccc54)CC3)c(C#N)c2)o1. The van der Waals surface area contributed by atoms with Crippen molar-refractivity contribution in [2.45, 2.75) is 13.0 Å². The molecule has 2 aliphatic heterocycles. The Bertz CT molecular complexity index is 1530. The number of benzene rings is 3. The van der Waals surface area contributed by atoms with Crippen LogP contribution in [-0.2, 0) is 0 Å². The Labute approximate surface area is 216 Å². The van der Waals surface area contributed by atoms with E-state index in [1.54, 1.807) is 11.1 Å². The van der Waals surface area contributed by atoms with E-state index in [2.05, 4.69) is 33.0 Å². The minimum atomic E-state index is -0.0190. The zero-order chi connectivity index (χ0) is 25.5. The molecule has 184 valence electrons. The fourth-order valence-electron chi connectivity index (χ4n) is 5.55. The predicted molar refractivity (Wildman–Crippen MR) is 143 cm³/mol. The second-order valence-corrected chi connectivity index (χ2v) is 9.56. The number of anilines is 2. The van der Waals surface area contributed by atoms with Crippen LogP contribution < -0.4 is 9.80 Å². The van der Waals surface area contributed by atoms with Gasteiger partial charge in [-0.3, -0.25) is 9.69 Å². The molecule has 0 radical (unpaired) electrons. The maximum atomic E-state index is 13.3. The number of nitriles is 1. The zero-order valence-corrected chi connectivity index (χ0v) is 20.9. The third-order valence-corrected chi connectivity index (χ3v) is 7.39. The van der Waals surface area contributed by atoms with E-state index in [1.165, 1.54) is 0 Å². The summed E-state index contributed by atoms with van der Waals surface area (Å²) in [5.74, 6) is 1.28. The molecule has 7 heteroatoms. The van der Waals surface area contributed by atoms with Crippen LogP contribution >= 0.6 is 0 Å². The second kappa shape index (κ2) is 9.23. The first kappa shape index (κ1) is 23.0. The number of nitrogens with zero attached hydrogens (tertiary/aromatic N) is 5. The van der Waals surface area contributed by atoms with Gasteiger partial charge in [-0.25, -0.2) is 4.98 Å². The largest absolute Gasteiger partial charge is 0.441 e. The molecule has 37 heavy (non-hydrogen) atoms. The number of para-hydroxylation sites is 1. The van der Waals surface area contributed by atoms with Gasteiger partial charge < -0.3 is 14.2 Å². The molecule has 0 bridgehead atoms. The Balaban J connectivity index is 1.30. The molecule has 4 aromatic rings. The molecule has 3 aromatic carbocycles. The van der Waals surface area contributed by atoms with E-state index in [0.717, 1.165) is 65.6 Å². The Morgan fingerprint density at radius 1 is 0.946 bits per heavy atom. The predicted octanol–water partition coefficient (Wildman–Crippen LogP) is 5.02. The number of aryl methyl sites for hydroxylation is 1. The highest BCUT2D eigenvalue weighted by Crippen LogP contribution is 2.40. The molecular weight excluding hydrogens is 462 g/mol. The van der Waals surface area contributed by atoms with Crippen LogP contribution in [0.2, 0.25) is 0 Å². The molecule has 1 saturated heterocycles. The number of oxazole rings is 1. The molecule has 1 atom stereocenters. The molecule has 0 spiro atoms. The highest BCUT2D eigenvalue weighted by molar-refractivity contribution is 6.08. The van der Waals surface area contributed by atoms with Gasteiger partial charge >= 0.3 is 0 Å². The molecule has 1 amide bonds. The Morgan fingerprint density at radius 3 is 2.41 bits per heavy atom. The van der Waals surface area contributed by atoms with Crippen molar-refractivity contribution in [2.24, 2.45) is 0 Å². The summed E-state index contributed by atoms with van der Waals surface area (Å²) in [5, 5.41) is 9.91. The van der Waals surface area contributed by atoms with Crippen LogP contribution in [0.1, 0.15) is 38.9 Å². The molecule has 1 aromatic heterocycles. The van der Waals surface area contributed by atoms with E-state index in [9.17, 15) is 10.1 Å². The van der Waals surface area contributed by atoms with Gasteiger partial charge in [0.1, 0.15) is 11.8 Å². The average molecular weight is 490 g/mol. The summed E-state index contributed by atoms with van der Waals surface area (Å²) in [6.45, 7) is 5.01. The molecule has 1 fully saturated rings. The van der Waals surface area contributed by atoms with Gasteiger partial charge in [-0.15, -0.1) is 0 Å². The molecule has 0 aliphatic carbocycles. The maximum Gasteiger partial charge on any atom is 0.258 e. The third-order valence-electron chi connectivity index (χ3n) is 7.39. The van der Waals surface area contributed by atoms with Crippen LogP contribution in [0.25, 0.3) is 11.5 Å². The number of aromatic nitrogens is 1. The smallest absolute Gasteiger partial charge is 0.258 e. The number of hydrogen-bond donors (Lipinski definition) is 0. The lowest BCUT2D eigenvalue weighted by molar-refractivity contribution is 0.0992. The van der Waals surface area contributed by atoms with Gasteiger partial charge in [-0.2, -0.15) is 5.26 Å². The Hall–Kier alpha value is -4.41. The minimum Gasteiger partial charge on any atom is -0.441 e.